The molecule has 166 valence electrons. The number of nitrogens with zero attached hydrogens (tertiary/aromatic N) is 3. The van der Waals surface area contributed by atoms with Crippen molar-refractivity contribution < 1.29 is 9.53 Å². The van der Waals surface area contributed by atoms with Crippen molar-refractivity contribution in [3.05, 3.63) is 71.5 Å². The highest BCUT2D eigenvalue weighted by Gasteiger charge is 2.26. The molecule has 1 unspecified atom stereocenters. The van der Waals surface area contributed by atoms with Gasteiger partial charge in [-0.3, -0.25) is 9.78 Å². The summed E-state index contributed by atoms with van der Waals surface area (Å²) in [6.07, 6.45) is 3.43. The first-order valence-electron chi connectivity index (χ1n) is 9.57. The second-order valence-corrected chi connectivity index (χ2v) is 7.57. The molecule has 0 bridgehead atoms. The van der Waals surface area contributed by atoms with Gasteiger partial charge in [0.1, 0.15) is 18.1 Å². The Balaban J connectivity index is 0.00000171. The van der Waals surface area contributed by atoms with Gasteiger partial charge in [0.25, 0.3) is 5.91 Å². The van der Waals surface area contributed by atoms with Crippen LogP contribution in [0.2, 0.25) is 0 Å². The average molecular weight is 482 g/mol. The fraction of sp³-hybridized carbons (Fsp3) is 0.286. The largest absolute Gasteiger partial charge is 0.490 e. The van der Waals surface area contributed by atoms with Crippen LogP contribution in [0.15, 0.2) is 60.2 Å². The number of aromatic nitrogens is 2. The molecule has 0 spiro atoms. The van der Waals surface area contributed by atoms with Gasteiger partial charge in [-0.2, -0.15) is 0 Å². The van der Waals surface area contributed by atoms with Gasteiger partial charge in [0.05, 0.1) is 12.2 Å². The first kappa shape index (κ1) is 24.9. The number of thiazole rings is 1. The molecule has 1 saturated heterocycles. The van der Waals surface area contributed by atoms with E-state index < -0.39 is 0 Å². The van der Waals surface area contributed by atoms with Crippen LogP contribution in [0.3, 0.4) is 0 Å². The van der Waals surface area contributed by atoms with Gasteiger partial charge in [0, 0.05) is 37.8 Å². The quantitative estimate of drug-likeness (QED) is 0.539. The third-order valence-corrected chi connectivity index (χ3v) is 5.57. The molecule has 1 aromatic carbocycles. The third-order valence-electron chi connectivity index (χ3n) is 4.69. The van der Waals surface area contributed by atoms with Crippen LogP contribution < -0.4 is 20.3 Å². The Kier molecular flexibility index (Phi) is 10.00. The van der Waals surface area contributed by atoms with Crippen LogP contribution in [0.4, 0.5) is 5.13 Å². The molecule has 0 saturated carbocycles. The lowest BCUT2D eigenvalue weighted by atomic mass is 10.2. The highest BCUT2D eigenvalue weighted by Crippen LogP contribution is 2.24. The Labute approximate surface area is 198 Å². The maximum atomic E-state index is 12.5. The SMILES string of the molecule is Cl.Cl.O=C(NCc1ccccc1)c1csc(N2CCNCC2COc2cccnc2)n1. The highest BCUT2D eigenvalue weighted by atomic mass is 35.5. The molecule has 7 nitrogen and oxygen atoms in total. The molecule has 1 aliphatic heterocycles. The second-order valence-electron chi connectivity index (χ2n) is 6.73. The molecule has 10 heteroatoms. The number of benzene rings is 1. The normalized spacial score (nSPS) is 15.4. The molecule has 1 amide bonds. The first-order chi connectivity index (χ1) is 14.3. The lowest BCUT2D eigenvalue weighted by Gasteiger charge is -2.35. The van der Waals surface area contributed by atoms with Crippen molar-refractivity contribution in [1.29, 1.82) is 0 Å². The van der Waals surface area contributed by atoms with E-state index in [-0.39, 0.29) is 36.8 Å². The third kappa shape index (κ3) is 6.80. The van der Waals surface area contributed by atoms with Crippen LogP contribution in [0.25, 0.3) is 0 Å². The monoisotopic (exact) mass is 481 g/mol. The van der Waals surface area contributed by atoms with Gasteiger partial charge in [-0.1, -0.05) is 30.3 Å². The number of carbonyl (C=O) groups is 1. The molecule has 1 atom stereocenters. The zero-order valence-electron chi connectivity index (χ0n) is 16.8. The van der Waals surface area contributed by atoms with E-state index in [0.29, 0.717) is 18.8 Å². The predicted molar refractivity (Wildman–Crippen MR) is 128 cm³/mol. The summed E-state index contributed by atoms with van der Waals surface area (Å²) in [6.45, 7) is 3.50. The zero-order valence-corrected chi connectivity index (χ0v) is 19.2. The number of carbonyl (C=O) groups excluding carboxylic acids is 1. The second kappa shape index (κ2) is 12.5. The van der Waals surface area contributed by atoms with Crippen molar-refractivity contribution in [3.63, 3.8) is 0 Å². The topological polar surface area (TPSA) is 79.4 Å². The van der Waals surface area contributed by atoms with Crippen LogP contribution in [0.1, 0.15) is 16.1 Å². The number of pyridine rings is 1. The maximum absolute atomic E-state index is 12.5. The molecule has 2 aromatic heterocycles. The number of hydrogen-bond donors (Lipinski definition) is 2. The summed E-state index contributed by atoms with van der Waals surface area (Å²) in [4.78, 5) is 23.4. The zero-order chi connectivity index (χ0) is 19.9. The van der Waals surface area contributed by atoms with Gasteiger partial charge in [-0.25, -0.2) is 4.98 Å². The fourth-order valence-corrected chi connectivity index (χ4v) is 4.06. The molecule has 3 heterocycles. The number of nitrogens with one attached hydrogen (secondary N) is 2. The number of hydrogen-bond acceptors (Lipinski definition) is 7. The number of piperazine rings is 1. The van der Waals surface area contributed by atoms with E-state index >= 15 is 0 Å². The Morgan fingerprint density at radius 1 is 1.23 bits per heavy atom. The summed E-state index contributed by atoms with van der Waals surface area (Å²) < 4.78 is 5.89. The summed E-state index contributed by atoms with van der Waals surface area (Å²) in [5, 5.41) is 8.99. The van der Waals surface area contributed by atoms with E-state index in [1.807, 2.05) is 47.8 Å². The van der Waals surface area contributed by atoms with Crippen molar-refractivity contribution in [2.24, 2.45) is 0 Å². The van der Waals surface area contributed by atoms with Gasteiger partial charge < -0.3 is 20.3 Å². The van der Waals surface area contributed by atoms with Gasteiger partial charge >= 0.3 is 0 Å². The van der Waals surface area contributed by atoms with E-state index in [0.717, 1.165) is 36.1 Å². The minimum atomic E-state index is -0.158. The van der Waals surface area contributed by atoms with Gasteiger partial charge in [-0.05, 0) is 17.7 Å². The van der Waals surface area contributed by atoms with Gasteiger partial charge in [0.2, 0.25) is 0 Å². The van der Waals surface area contributed by atoms with E-state index in [9.17, 15) is 4.79 Å². The molecule has 31 heavy (non-hydrogen) atoms. The molecular formula is C21H25Cl2N5O2S. The maximum Gasteiger partial charge on any atom is 0.271 e. The van der Waals surface area contributed by atoms with Crippen LogP contribution >= 0.6 is 36.2 Å². The van der Waals surface area contributed by atoms with Crippen molar-refractivity contribution in [1.82, 2.24) is 20.6 Å². The van der Waals surface area contributed by atoms with Crippen molar-refractivity contribution in [2.75, 3.05) is 31.1 Å². The number of ether oxygens (including phenoxy) is 1. The highest BCUT2D eigenvalue weighted by molar-refractivity contribution is 7.14. The number of rotatable bonds is 7. The van der Waals surface area contributed by atoms with Gasteiger partial charge in [0.15, 0.2) is 5.13 Å². The van der Waals surface area contributed by atoms with Crippen LogP contribution in [0, 0.1) is 0 Å². The number of halogens is 2. The minimum absolute atomic E-state index is 0. The first-order valence-corrected chi connectivity index (χ1v) is 10.5. The van der Waals surface area contributed by atoms with Crippen LogP contribution in [0.5, 0.6) is 5.75 Å². The molecule has 4 rings (SSSR count). The Bertz CT molecular complexity index is 930. The molecular weight excluding hydrogens is 457 g/mol. The summed E-state index contributed by atoms with van der Waals surface area (Å²) in [7, 11) is 0. The minimum Gasteiger partial charge on any atom is -0.490 e. The fourth-order valence-electron chi connectivity index (χ4n) is 3.16. The molecule has 0 aliphatic carbocycles. The van der Waals surface area contributed by atoms with Crippen LogP contribution in [-0.4, -0.2) is 48.2 Å². The van der Waals surface area contributed by atoms with Crippen molar-refractivity contribution >= 4 is 47.2 Å². The molecule has 1 aliphatic rings. The summed E-state index contributed by atoms with van der Waals surface area (Å²) in [5.74, 6) is 0.591. The molecule has 2 N–H and O–H groups in total. The number of amides is 1. The Morgan fingerprint density at radius 2 is 2.06 bits per heavy atom. The Hall–Kier alpha value is -2.39. The van der Waals surface area contributed by atoms with E-state index in [2.05, 4.69) is 25.5 Å². The van der Waals surface area contributed by atoms with E-state index in [1.165, 1.54) is 11.3 Å². The predicted octanol–water partition coefficient (Wildman–Crippen LogP) is 3.17. The molecule has 3 aromatic rings. The lowest BCUT2D eigenvalue weighted by molar-refractivity contribution is 0.0946. The summed E-state index contributed by atoms with van der Waals surface area (Å²) in [6, 6.07) is 13.7. The average Bonchev–Trinajstić information content (AvgIpc) is 3.28. The van der Waals surface area contributed by atoms with Crippen molar-refractivity contribution in [2.45, 2.75) is 12.6 Å². The van der Waals surface area contributed by atoms with Crippen molar-refractivity contribution in [3.8, 4) is 5.75 Å². The Morgan fingerprint density at radius 3 is 2.84 bits per heavy atom. The number of anilines is 1. The van der Waals surface area contributed by atoms with Gasteiger partial charge in [-0.15, -0.1) is 36.2 Å². The van der Waals surface area contributed by atoms with Crippen LogP contribution in [-0.2, 0) is 6.54 Å². The van der Waals surface area contributed by atoms with E-state index in [1.54, 1.807) is 12.4 Å². The smallest absolute Gasteiger partial charge is 0.271 e. The molecule has 0 radical (unpaired) electrons. The standard InChI is InChI=1S/C21H23N5O2S.2ClH/c27-20(24-11-16-5-2-1-3-6-16)19-15-29-21(25-19)26-10-9-23-12-17(26)14-28-18-7-4-8-22-13-18;;/h1-8,13,15,17,23H,9-12,14H2,(H,24,27);2*1H. The van der Waals surface area contributed by atoms with E-state index in [4.69, 9.17) is 4.74 Å². The molecule has 1 fully saturated rings. The summed E-state index contributed by atoms with van der Waals surface area (Å²) in [5.41, 5.74) is 1.51. The summed E-state index contributed by atoms with van der Waals surface area (Å²) >= 11 is 1.49. The lowest BCUT2D eigenvalue weighted by Crippen LogP contribution is -2.54.